The molecule has 11 heavy (non-hydrogen) atoms. The monoisotopic (exact) mass is 149 g/mol. The zero-order valence-electron chi connectivity index (χ0n) is 7.22. The van der Waals surface area contributed by atoms with Gasteiger partial charge in [-0.15, -0.1) is 0 Å². The van der Waals surface area contributed by atoms with Crippen molar-refractivity contribution >= 4 is 0 Å². The van der Waals surface area contributed by atoms with Gasteiger partial charge in [0, 0.05) is 12.4 Å². The Balaban J connectivity index is 2.38. The Kier molecular flexibility index (Phi) is 1.52. The lowest BCUT2D eigenvalue weighted by atomic mass is 9.79. The molecule has 0 amide bonds. The van der Waals surface area contributed by atoms with Crippen LogP contribution in [0.15, 0.2) is 12.4 Å². The minimum absolute atomic E-state index is 0.755. The van der Waals surface area contributed by atoms with Crippen molar-refractivity contribution in [3.63, 3.8) is 0 Å². The molecule has 0 aromatic carbocycles. The zero-order chi connectivity index (χ0) is 7.84. The molecule has 1 heteroatoms. The zero-order valence-corrected chi connectivity index (χ0v) is 7.22. The Morgan fingerprint density at radius 1 is 1.36 bits per heavy atom. The Bertz CT molecular complexity index is 249. The smallest absolute Gasteiger partial charge is 0.00430 e. The Hall–Kier alpha value is -0.720. The Labute approximate surface area is 67.8 Å². The van der Waals surface area contributed by atoms with Gasteiger partial charge < -0.3 is 4.98 Å². The lowest BCUT2D eigenvalue weighted by Gasteiger charge is -2.25. The molecule has 0 spiro atoms. The summed E-state index contributed by atoms with van der Waals surface area (Å²) in [5.74, 6) is 1.61. The quantitative estimate of drug-likeness (QED) is 0.583. The van der Waals surface area contributed by atoms with E-state index in [1.807, 2.05) is 0 Å². The molecule has 0 bridgehead atoms. The van der Waals surface area contributed by atoms with Gasteiger partial charge in [-0.05, 0) is 35.8 Å². The predicted molar refractivity (Wildman–Crippen MR) is 46.7 cm³/mol. The number of aromatic nitrogens is 1. The van der Waals surface area contributed by atoms with Crippen LogP contribution in [0, 0.1) is 5.92 Å². The van der Waals surface area contributed by atoms with Crippen molar-refractivity contribution < 1.29 is 0 Å². The molecule has 2 unspecified atom stereocenters. The molecule has 1 aromatic heterocycles. The van der Waals surface area contributed by atoms with Crippen molar-refractivity contribution in [1.29, 1.82) is 0 Å². The summed E-state index contributed by atoms with van der Waals surface area (Å²) in [6.45, 7) is 4.68. The number of fused-ring (bicyclic) bond motifs is 1. The molecule has 0 saturated carbocycles. The number of H-pyrrole nitrogens is 1. The van der Waals surface area contributed by atoms with E-state index < -0.39 is 0 Å². The number of hydrogen-bond donors (Lipinski definition) is 1. The van der Waals surface area contributed by atoms with Crippen LogP contribution in [0.4, 0.5) is 0 Å². The minimum Gasteiger partial charge on any atom is -0.367 e. The lowest BCUT2D eigenvalue weighted by Crippen LogP contribution is -2.13. The summed E-state index contributed by atoms with van der Waals surface area (Å²) in [5.41, 5.74) is 3.08. The maximum atomic E-state index is 3.19. The van der Waals surface area contributed by atoms with Crippen LogP contribution in [0.25, 0.3) is 0 Å². The second-order valence-corrected chi connectivity index (χ2v) is 3.74. The van der Waals surface area contributed by atoms with E-state index in [2.05, 4.69) is 31.2 Å². The van der Waals surface area contributed by atoms with Crippen molar-refractivity contribution in [2.75, 3.05) is 0 Å². The molecule has 2 rings (SSSR count). The molecule has 0 saturated heterocycles. The molecular weight excluding hydrogens is 134 g/mol. The van der Waals surface area contributed by atoms with E-state index in [4.69, 9.17) is 0 Å². The van der Waals surface area contributed by atoms with Crippen molar-refractivity contribution in [1.82, 2.24) is 4.98 Å². The fourth-order valence-electron chi connectivity index (χ4n) is 1.99. The average Bonchev–Trinajstić information content (AvgIpc) is 2.45. The summed E-state index contributed by atoms with van der Waals surface area (Å²) in [5, 5.41) is 0. The highest BCUT2D eigenvalue weighted by atomic mass is 14.6. The van der Waals surface area contributed by atoms with E-state index in [0.717, 1.165) is 11.8 Å². The molecule has 60 valence electrons. The normalized spacial score (nSPS) is 30.0. The molecule has 1 aliphatic rings. The number of nitrogens with one attached hydrogen (secondary N) is 1. The first-order valence-electron chi connectivity index (χ1n) is 4.44. The molecule has 0 aliphatic heterocycles. The second-order valence-electron chi connectivity index (χ2n) is 3.74. The topological polar surface area (TPSA) is 15.8 Å². The molecular formula is C10H15N. The van der Waals surface area contributed by atoms with Gasteiger partial charge in [0.25, 0.3) is 0 Å². The highest BCUT2D eigenvalue weighted by Gasteiger charge is 2.22. The van der Waals surface area contributed by atoms with Gasteiger partial charge in [-0.25, -0.2) is 0 Å². The number of aromatic amines is 1. The van der Waals surface area contributed by atoms with E-state index in [0.29, 0.717) is 0 Å². The number of aryl methyl sites for hydroxylation is 1. The number of rotatable bonds is 0. The minimum atomic E-state index is 0.755. The summed E-state index contributed by atoms with van der Waals surface area (Å²) >= 11 is 0. The Morgan fingerprint density at radius 2 is 2.18 bits per heavy atom. The second kappa shape index (κ2) is 2.40. The fraction of sp³-hybridized carbons (Fsp3) is 0.600. The standard InChI is InChI=1S/C10H15N/c1-7-3-4-9-5-11-6-10(9)8(7)2/h5-8,11H,3-4H2,1-2H3. The van der Waals surface area contributed by atoms with Gasteiger partial charge in [-0.3, -0.25) is 0 Å². The van der Waals surface area contributed by atoms with Crippen LogP contribution in [0.2, 0.25) is 0 Å². The van der Waals surface area contributed by atoms with E-state index in [1.165, 1.54) is 18.4 Å². The fourth-order valence-corrected chi connectivity index (χ4v) is 1.99. The summed E-state index contributed by atoms with van der Waals surface area (Å²) < 4.78 is 0. The lowest BCUT2D eigenvalue weighted by molar-refractivity contribution is 0.428. The molecule has 0 fully saturated rings. The molecule has 1 aromatic rings. The van der Waals surface area contributed by atoms with Crippen LogP contribution in [0.1, 0.15) is 37.3 Å². The van der Waals surface area contributed by atoms with Crippen LogP contribution >= 0.6 is 0 Å². The van der Waals surface area contributed by atoms with Crippen molar-refractivity contribution in [2.24, 2.45) is 5.92 Å². The molecule has 1 N–H and O–H groups in total. The van der Waals surface area contributed by atoms with E-state index in [1.54, 1.807) is 5.56 Å². The maximum Gasteiger partial charge on any atom is 0.00430 e. The Morgan fingerprint density at radius 3 is 3.00 bits per heavy atom. The van der Waals surface area contributed by atoms with Crippen LogP contribution in [0.5, 0.6) is 0 Å². The van der Waals surface area contributed by atoms with Crippen molar-refractivity contribution in [3.05, 3.63) is 23.5 Å². The molecule has 1 nitrogen and oxygen atoms in total. The van der Waals surface area contributed by atoms with Gasteiger partial charge in [0.2, 0.25) is 0 Å². The third-order valence-electron chi connectivity index (χ3n) is 3.08. The van der Waals surface area contributed by atoms with Gasteiger partial charge in [0.1, 0.15) is 0 Å². The highest BCUT2D eigenvalue weighted by molar-refractivity contribution is 5.29. The van der Waals surface area contributed by atoms with Crippen LogP contribution < -0.4 is 0 Å². The first kappa shape index (κ1) is 6.96. The van der Waals surface area contributed by atoms with Gasteiger partial charge >= 0.3 is 0 Å². The van der Waals surface area contributed by atoms with E-state index >= 15 is 0 Å². The SMILES string of the molecule is CC1CCc2c[nH]cc2C1C. The third kappa shape index (κ3) is 0.991. The predicted octanol–water partition coefficient (Wildman–Crippen LogP) is 2.70. The van der Waals surface area contributed by atoms with Crippen LogP contribution in [-0.2, 0) is 6.42 Å². The third-order valence-corrected chi connectivity index (χ3v) is 3.08. The van der Waals surface area contributed by atoms with E-state index in [9.17, 15) is 0 Å². The average molecular weight is 149 g/mol. The largest absolute Gasteiger partial charge is 0.367 e. The molecule has 2 atom stereocenters. The van der Waals surface area contributed by atoms with Crippen molar-refractivity contribution in [2.45, 2.75) is 32.6 Å². The summed E-state index contributed by atoms with van der Waals surface area (Å²) in [4.78, 5) is 3.19. The van der Waals surface area contributed by atoms with E-state index in [-0.39, 0.29) is 0 Å². The molecule has 1 heterocycles. The van der Waals surface area contributed by atoms with Gasteiger partial charge in [-0.1, -0.05) is 13.8 Å². The summed E-state index contributed by atoms with van der Waals surface area (Å²) in [7, 11) is 0. The number of hydrogen-bond acceptors (Lipinski definition) is 0. The van der Waals surface area contributed by atoms with Crippen LogP contribution in [0.3, 0.4) is 0 Å². The maximum absolute atomic E-state index is 3.19. The molecule has 1 aliphatic carbocycles. The molecule has 0 radical (unpaired) electrons. The first-order valence-corrected chi connectivity index (χ1v) is 4.44. The summed E-state index contributed by atoms with van der Waals surface area (Å²) in [6, 6.07) is 0. The van der Waals surface area contributed by atoms with Crippen LogP contribution in [-0.4, -0.2) is 4.98 Å². The first-order chi connectivity index (χ1) is 5.29. The van der Waals surface area contributed by atoms with Gasteiger partial charge in [0.15, 0.2) is 0 Å². The van der Waals surface area contributed by atoms with Gasteiger partial charge in [-0.2, -0.15) is 0 Å². The highest BCUT2D eigenvalue weighted by Crippen LogP contribution is 2.34. The summed E-state index contributed by atoms with van der Waals surface area (Å²) in [6.07, 6.45) is 6.93. The van der Waals surface area contributed by atoms with Crippen molar-refractivity contribution in [3.8, 4) is 0 Å². The van der Waals surface area contributed by atoms with Gasteiger partial charge in [0.05, 0.1) is 0 Å².